The Hall–Kier alpha value is -2.24. The molecule has 0 heterocycles. The minimum absolute atomic E-state index is 0.0116. The molecule has 160 valence electrons. The molecule has 1 saturated carbocycles. The van der Waals surface area contributed by atoms with Gasteiger partial charge in [-0.05, 0) is 73.6 Å². The Morgan fingerprint density at radius 2 is 1.47 bits per heavy atom. The SMILES string of the molecule is O=C(Cc1ccc(Cl)cc1)NC[C@H]1CC[C@H](NC(=O)COc2ccc(Cl)cc2)CC1. The summed E-state index contributed by atoms with van der Waals surface area (Å²) in [6.07, 6.45) is 4.12. The first kappa shape index (κ1) is 22.4. The summed E-state index contributed by atoms with van der Waals surface area (Å²) in [4.78, 5) is 24.3. The average Bonchev–Trinajstić information content (AvgIpc) is 2.74. The second-order valence-corrected chi connectivity index (χ2v) is 8.51. The Kier molecular flexibility index (Phi) is 8.40. The fourth-order valence-electron chi connectivity index (χ4n) is 3.57. The van der Waals surface area contributed by atoms with Gasteiger partial charge in [-0.25, -0.2) is 0 Å². The van der Waals surface area contributed by atoms with Crippen LogP contribution >= 0.6 is 23.2 Å². The molecule has 30 heavy (non-hydrogen) atoms. The fraction of sp³-hybridized carbons (Fsp3) is 0.391. The van der Waals surface area contributed by atoms with Crippen LogP contribution in [-0.4, -0.2) is 31.0 Å². The number of hydrogen-bond donors (Lipinski definition) is 2. The second-order valence-electron chi connectivity index (χ2n) is 7.64. The first-order chi connectivity index (χ1) is 14.5. The second kappa shape index (κ2) is 11.2. The third-order valence-electron chi connectivity index (χ3n) is 5.26. The van der Waals surface area contributed by atoms with E-state index in [4.69, 9.17) is 27.9 Å². The molecule has 7 heteroatoms. The molecule has 0 atom stereocenters. The van der Waals surface area contributed by atoms with Crippen molar-refractivity contribution in [3.63, 3.8) is 0 Å². The molecule has 3 rings (SSSR count). The highest BCUT2D eigenvalue weighted by Gasteiger charge is 2.23. The Morgan fingerprint density at radius 1 is 0.867 bits per heavy atom. The Bertz CT molecular complexity index is 833. The van der Waals surface area contributed by atoms with Crippen molar-refractivity contribution in [3.05, 3.63) is 64.1 Å². The summed E-state index contributed by atoms with van der Waals surface area (Å²) in [7, 11) is 0. The highest BCUT2D eigenvalue weighted by Crippen LogP contribution is 2.24. The number of hydrogen-bond acceptors (Lipinski definition) is 3. The number of benzene rings is 2. The lowest BCUT2D eigenvalue weighted by molar-refractivity contribution is -0.124. The standard InChI is InChI=1S/C23H26Cl2N2O3/c24-18-5-1-16(2-6-18)13-22(28)26-14-17-3-9-20(10-4-17)27-23(29)15-30-21-11-7-19(25)8-12-21/h1-2,5-8,11-12,17,20H,3-4,9-10,13-15H2,(H,26,28)(H,27,29)/t17-,20-. The monoisotopic (exact) mass is 448 g/mol. The number of carbonyl (C=O) groups is 2. The van der Waals surface area contributed by atoms with Gasteiger partial charge in [-0.3, -0.25) is 9.59 Å². The van der Waals surface area contributed by atoms with Crippen LogP contribution in [-0.2, 0) is 16.0 Å². The molecule has 2 amide bonds. The van der Waals surface area contributed by atoms with Crippen LogP contribution in [0.25, 0.3) is 0 Å². The zero-order chi connectivity index (χ0) is 21.3. The summed E-state index contributed by atoms with van der Waals surface area (Å²) < 4.78 is 5.48. The molecule has 2 aromatic carbocycles. The lowest BCUT2D eigenvalue weighted by Gasteiger charge is -2.29. The average molecular weight is 449 g/mol. The molecular weight excluding hydrogens is 423 g/mol. The van der Waals surface area contributed by atoms with Crippen molar-refractivity contribution in [2.24, 2.45) is 5.92 Å². The van der Waals surface area contributed by atoms with Crippen LogP contribution in [0.2, 0.25) is 10.0 Å². The molecule has 1 aliphatic carbocycles. The van der Waals surface area contributed by atoms with E-state index in [0.29, 0.717) is 34.7 Å². The minimum atomic E-state index is -0.121. The summed E-state index contributed by atoms with van der Waals surface area (Å²) in [5.41, 5.74) is 0.948. The van der Waals surface area contributed by atoms with E-state index < -0.39 is 0 Å². The van der Waals surface area contributed by atoms with Crippen molar-refractivity contribution in [3.8, 4) is 5.75 Å². The lowest BCUT2D eigenvalue weighted by atomic mass is 9.86. The van der Waals surface area contributed by atoms with Crippen LogP contribution in [0.3, 0.4) is 0 Å². The van der Waals surface area contributed by atoms with Crippen molar-refractivity contribution < 1.29 is 14.3 Å². The van der Waals surface area contributed by atoms with Crippen molar-refractivity contribution in [1.29, 1.82) is 0 Å². The molecule has 1 aliphatic rings. The van der Waals surface area contributed by atoms with E-state index in [1.54, 1.807) is 36.4 Å². The van der Waals surface area contributed by atoms with Crippen LogP contribution in [0.1, 0.15) is 31.2 Å². The fourth-order valence-corrected chi connectivity index (χ4v) is 3.82. The molecule has 0 radical (unpaired) electrons. The Labute approximate surface area is 187 Å². The zero-order valence-electron chi connectivity index (χ0n) is 16.7. The van der Waals surface area contributed by atoms with E-state index >= 15 is 0 Å². The third kappa shape index (κ3) is 7.54. The maximum atomic E-state index is 12.1. The summed E-state index contributed by atoms with van der Waals surface area (Å²) in [6, 6.07) is 14.4. The molecular formula is C23H26Cl2N2O3. The highest BCUT2D eigenvalue weighted by atomic mass is 35.5. The molecule has 0 saturated heterocycles. The quantitative estimate of drug-likeness (QED) is 0.628. The van der Waals surface area contributed by atoms with Gasteiger partial charge < -0.3 is 15.4 Å². The van der Waals surface area contributed by atoms with Crippen molar-refractivity contribution in [2.75, 3.05) is 13.2 Å². The van der Waals surface area contributed by atoms with E-state index in [1.165, 1.54) is 0 Å². The summed E-state index contributed by atoms with van der Waals surface area (Å²) >= 11 is 11.7. The van der Waals surface area contributed by atoms with Gasteiger partial charge in [0.15, 0.2) is 6.61 Å². The first-order valence-electron chi connectivity index (χ1n) is 10.2. The molecule has 0 bridgehead atoms. The lowest BCUT2D eigenvalue weighted by Crippen LogP contribution is -2.41. The minimum Gasteiger partial charge on any atom is -0.484 e. The van der Waals surface area contributed by atoms with Gasteiger partial charge in [0.1, 0.15) is 5.75 Å². The van der Waals surface area contributed by atoms with E-state index in [1.807, 2.05) is 12.1 Å². The molecule has 2 N–H and O–H groups in total. The summed E-state index contributed by atoms with van der Waals surface area (Å²) in [6.45, 7) is 0.662. The third-order valence-corrected chi connectivity index (χ3v) is 5.77. The summed E-state index contributed by atoms with van der Waals surface area (Å²) in [5.74, 6) is 0.960. The molecule has 0 spiro atoms. The van der Waals surface area contributed by atoms with Gasteiger partial charge in [-0.1, -0.05) is 35.3 Å². The zero-order valence-corrected chi connectivity index (χ0v) is 18.2. The number of halogens is 2. The van der Waals surface area contributed by atoms with Crippen molar-refractivity contribution >= 4 is 35.0 Å². The van der Waals surface area contributed by atoms with Crippen molar-refractivity contribution in [1.82, 2.24) is 10.6 Å². The van der Waals surface area contributed by atoms with Gasteiger partial charge in [0.25, 0.3) is 5.91 Å². The van der Waals surface area contributed by atoms with E-state index in [-0.39, 0.29) is 24.5 Å². The molecule has 0 aromatic heterocycles. The topological polar surface area (TPSA) is 67.4 Å². The van der Waals surface area contributed by atoms with Crippen molar-refractivity contribution in [2.45, 2.75) is 38.1 Å². The van der Waals surface area contributed by atoms with Crippen LogP contribution in [0, 0.1) is 5.92 Å². The maximum Gasteiger partial charge on any atom is 0.258 e. The van der Waals surface area contributed by atoms with Gasteiger partial charge in [-0.2, -0.15) is 0 Å². The van der Waals surface area contributed by atoms with E-state index in [2.05, 4.69) is 10.6 Å². The van der Waals surface area contributed by atoms with Crippen LogP contribution in [0.5, 0.6) is 5.75 Å². The van der Waals surface area contributed by atoms with E-state index in [0.717, 1.165) is 31.2 Å². The predicted octanol–water partition coefficient (Wildman–Crippen LogP) is 4.41. The smallest absolute Gasteiger partial charge is 0.258 e. The van der Waals surface area contributed by atoms with Gasteiger partial charge in [0, 0.05) is 22.6 Å². The van der Waals surface area contributed by atoms with Gasteiger partial charge >= 0.3 is 0 Å². The Balaban J connectivity index is 1.30. The molecule has 1 fully saturated rings. The van der Waals surface area contributed by atoms with Crippen LogP contribution in [0.4, 0.5) is 0 Å². The molecule has 0 unspecified atom stereocenters. The number of amides is 2. The number of rotatable bonds is 8. The normalized spacial score (nSPS) is 18.5. The Morgan fingerprint density at radius 3 is 2.10 bits per heavy atom. The molecule has 2 aromatic rings. The first-order valence-corrected chi connectivity index (χ1v) is 10.9. The number of nitrogens with one attached hydrogen (secondary N) is 2. The highest BCUT2D eigenvalue weighted by molar-refractivity contribution is 6.30. The van der Waals surface area contributed by atoms with E-state index in [9.17, 15) is 9.59 Å². The largest absolute Gasteiger partial charge is 0.484 e. The maximum absolute atomic E-state index is 12.1. The van der Waals surface area contributed by atoms with Gasteiger partial charge in [-0.15, -0.1) is 0 Å². The molecule has 5 nitrogen and oxygen atoms in total. The van der Waals surface area contributed by atoms with Crippen LogP contribution < -0.4 is 15.4 Å². The predicted molar refractivity (Wildman–Crippen MR) is 119 cm³/mol. The summed E-state index contributed by atoms with van der Waals surface area (Å²) in [5, 5.41) is 7.36. The van der Waals surface area contributed by atoms with Gasteiger partial charge in [0.2, 0.25) is 5.91 Å². The van der Waals surface area contributed by atoms with Gasteiger partial charge in [0.05, 0.1) is 6.42 Å². The molecule has 0 aliphatic heterocycles. The van der Waals surface area contributed by atoms with Crippen LogP contribution in [0.15, 0.2) is 48.5 Å². The number of carbonyl (C=O) groups excluding carboxylic acids is 2. The number of ether oxygens (including phenoxy) is 1.